The maximum atomic E-state index is 12.6. The van der Waals surface area contributed by atoms with Gasteiger partial charge in [0.05, 0.1) is 4.92 Å². The number of nitro groups is 1. The molecule has 1 N–H and O–H groups in total. The van der Waals surface area contributed by atoms with Crippen molar-refractivity contribution < 1.29 is 14.1 Å². The first-order chi connectivity index (χ1) is 13.9. The Morgan fingerprint density at radius 3 is 2.62 bits per heavy atom. The number of rotatable bonds is 4. The van der Waals surface area contributed by atoms with Crippen LogP contribution >= 0.6 is 0 Å². The standard InChI is InChI=1S/C21H16N4O4/c1-12-10-15(21-24-19-18(29-21)4-3-9-22-19)5-7-16(12)23-20(26)14-6-8-17(25(27)28)13(2)11-14/h3-11H,1-2H3,(H,23,26). The van der Waals surface area contributed by atoms with Gasteiger partial charge in [0.2, 0.25) is 5.89 Å². The zero-order chi connectivity index (χ0) is 20.5. The fourth-order valence-corrected chi connectivity index (χ4v) is 3.03. The van der Waals surface area contributed by atoms with E-state index in [9.17, 15) is 14.9 Å². The molecule has 0 bridgehead atoms. The molecular weight excluding hydrogens is 372 g/mol. The van der Waals surface area contributed by atoms with Crippen molar-refractivity contribution in [1.82, 2.24) is 9.97 Å². The number of pyridine rings is 1. The number of aryl methyl sites for hydroxylation is 2. The first-order valence-electron chi connectivity index (χ1n) is 8.81. The van der Waals surface area contributed by atoms with Crippen molar-refractivity contribution in [3.63, 3.8) is 0 Å². The molecule has 2 aromatic carbocycles. The lowest BCUT2D eigenvalue weighted by Crippen LogP contribution is -2.13. The second-order valence-corrected chi connectivity index (χ2v) is 6.59. The molecule has 0 fully saturated rings. The van der Waals surface area contributed by atoms with Crippen LogP contribution in [-0.2, 0) is 0 Å². The Kier molecular flexibility index (Phi) is 4.52. The van der Waals surface area contributed by atoms with Crippen LogP contribution in [0.3, 0.4) is 0 Å². The van der Waals surface area contributed by atoms with E-state index in [1.807, 2.05) is 13.0 Å². The van der Waals surface area contributed by atoms with Crippen LogP contribution in [0.2, 0.25) is 0 Å². The van der Waals surface area contributed by atoms with Crippen LogP contribution in [0, 0.1) is 24.0 Å². The van der Waals surface area contributed by atoms with E-state index in [1.54, 1.807) is 37.4 Å². The molecular formula is C21H16N4O4. The van der Waals surface area contributed by atoms with E-state index in [-0.39, 0.29) is 11.6 Å². The number of nitro benzene ring substituents is 1. The highest BCUT2D eigenvalue weighted by molar-refractivity contribution is 6.05. The molecule has 4 aromatic rings. The molecule has 0 aliphatic rings. The largest absolute Gasteiger partial charge is 0.434 e. The number of fused-ring (bicyclic) bond motifs is 1. The van der Waals surface area contributed by atoms with Gasteiger partial charge in [-0.1, -0.05) is 0 Å². The number of anilines is 1. The van der Waals surface area contributed by atoms with Crippen molar-refractivity contribution in [2.24, 2.45) is 0 Å². The number of nitrogens with one attached hydrogen (secondary N) is 1. The third kappa shape index (κ3) is 3.55. The number of oxazole rings is 1. The molecule has 0 saturated carbocycles. The lowest BCUT2D eigenvalue weighted by molar-refractivity contribution is -0.385. The van der Waals surface area contributed by atoms with Gasteiger partial charge in [-0.25, -0.2) is 4.98 Å². The maximum absolute atomic E-state index is 12.6. The molecule has 2 aromatic heterocycles. The predicted molar refractivity (Wildman–Crippen MR) is 108 cm³/mol. The van der Waals surface area contributed by atoms with Crippen LogP contribution in [0.15, 0.2) is 59.1 Å². The first-order valence-corrected chi connectivity index (χ1v) is 8.81. The lowest BCUT2D eigenvalue weighted by Gasteiger charge is -2.10. The molecule has 0 unspecified atom stereocenters. The Morgan fingerprint density at radius 1 is 1.10 bits per heavy atom. The monoisotopic (exact) mass is 388 g/mol. The van der Waals surface area contributed by atoms with Crippen LogP contribution in [-0.4, -0.2) is 20.8 Å². The zero-order valence-electron chi connectivity index (χ0n) is 15.7. The van der Waals surface area contributed by atoms with Gasteiger partial charge in [0.1, 0.15) is 0 Å². The van der Waals surface area contributed by atoms with E-state index in [0.717, 1.165) is 11.1 Å². The zero-order valence-corrected chi connectivity index (χ0v) is 15.7. The minimum Gasteiger partial charge on any atom is -0.434 e. The molecule has 8 heteroatoms. The van der Waals surface area contributed by atoms with Gasteiger partial charge in [-0.05, 0) is 61.9 Å². The summed E-state index contributed by atoms with van der Waals surface area (Å²) in [7, 11) is 0. The molecule has 0 saturated heterocycles. The number of benzene rings is 2. The summed E-state index contributed by atoms with van der Waals surface area (Å²) in [5.74, 6) is 0.107. The third-order valence-electron chi connectivity index (χ3n) is 4.54. The van der Waals surface area contributed by atoms with Crippen molar-refractivity contribution in [2.45, 2.75) is 13.8 Å². The number of aromatic nitrogens is 2. The van der Waals surface area contributed by atoms with Crippen LogP contribution in [0.25, 0.3) is 22.7 Å². The fraction of sp³-hybridized carbons (Fsp3) is 0.0952. The molecule has 0 spiro atoms. The number of amides is 1. The minimum absolute atomic E-state index is 0.0186. The maximum Gasteiger partial charge on any atom is 0.272 e. The van der Waals surface area contributed by atoms with Gasteiger partial charge >= 0.3 is 0 Å². The van der Waals surface area contributed by atoms with Crippen molar-refractivity contribution >= 4 is 28.5 Å². The average molecular weight is 388 g/mol. The number of nitrogens with zero attached hydrogens (tertiary/aromatic N) is 3. The van der Waals surface area contributed by atoms with E-state index in [0.29, 0.717) is 33.9 Å². The quantitative estimate of drug-likeness (QED) is 0.402. The van der Waals surface area contributed by atoms with E-state index >= 15 is 0 Å². The number of hydrogen-bond donors (Lipinski definition) is 1. The Bertz CT molecular complexity index is 1230. The van der Waals surface area contributed by atoms with Gasteiger partial charge in [-0.2, -0.15) is 4.98 Å². The van der Waals surface area contributed by atoms with Gasteiger partial charge < -0.3 is 9.73 Å². The highest BCUT2D eigenvalue weighted by atomic mass is 16.6. The molecule has 4 rings (SSSR count). The Hall–Kier alpha value is -4.07. The smallest absolute Gasteiger partial charge is 0.272 e. The van der Waals surface area contributed by atoms with E-state index < -0.39 is 4.92 Å². The van der Waals surface area contributed by atoms with Crippen LogP contribution in [0.4, 0.5) is 11.4 Å². The van der Waals surface area contributed by atoms with Gasteiger partial charge in [0, 0.05) is 34.6 Å². The first kappa shape index (κ1) is 18.3. The van der Waals surface area contributed by atoms with Gasteiger partial charge in [0.15, 0.2) is 11.2 Å². The normalized spacial score (nSPS) is 10.8. The van der Waals surface area contributed by atoms with E-state index in [4.69, 9.17) is 4.42 Å². The second-order valence-electron chi connectivity index (χ2n) is 6.59. The summed E-state index contributed by atoms with van der Waals surface area (Å²) < 4.78 is 5.73. The summed E-state index contributed by atoms with van der Waals surface area (Å²) in [6.07, 6.45) is 1.65. The Labute approximate surface area is 165 Å². The van der Waals surface area contributed by atoms with Gasteiger partial charge in [-0.15, -0.1) is 0 Å². The number of carbonyl (C=O) groups is 1. The molecule has 2 heterocycles. The Morgan fingerprint density at radius 2 is 1.93 bits per heavy atom. The minimum atomic E-state index is -0.471. The van der Waals surface area contributed by atoms with E-state index in [1.165, 1.54) is 18.2 Å². The molecule has 29 heavy (non-hydrogen) atoms. The summed E-state index contributed by atoms with van der Waals surface area (Å²) in [4.78, 5) is 31.5. The molecule has 0 atom stereocenters. The molecule has 1 amide bonds. The summed E-state index contributed by atoms with van der Waals surface area (Å²) >= 11 is 0. The summed E-state index contributed by atoms with van der Waals surface area (Å²) in [6, 6.07) is 13.3. The highest BCUT2D eigenvalue weighted by Crippen LogP contribution is 2.27. The molecule has 0 aliphatic heterocycles. The fourth-order valence-electron chi connectivity index (χ4n) is 3.03. The summed E-state index contributed by atoms with van der Waals surface area (Å²) in [6.45, 7) is 3.46. The summed E-state index contributed by atoms with van der Waals surface area (Å²) in [5.41, 5.74) is 4.12. The van der Waals surface area contributed by atoms with Gasteiger partial charge in [0.25, 0.3) is 11.6 Å². The third-order valence-corrected chi connectivity index (χ3v) is 4.54. The van der Waals surface area contributed by atoms with Crippen LogP contribution in [0.1, 0.15) is 21.5 Å². The van der Waals surface area contributed by atoms with Crippen LogP contribution in [0.5, 0.6) is 0 Å². The van der Waals surface area contributed by atoms with Crippen LogP contribution < -0.4 is 5.32 Å². The van der Waals surface area contributed by atoms with Crippen molar-refractivity contribution in [2.75, 3.05) is 5.32 Å². The Balaban J connectivity index is 1.57. The van der Waals surface area contributed by atoms with Crippen molar-refractivity contribution in [1.29, 1.82) is 0 Å². The van der Waals surface area contributed by atoms with Crippen molar-refractivity contribution in [3.8, 4) is 11.5 Å². The molecule has 144 valence electrons. The summed E-state index contributed by atoms with van der Waals surface area (Å²) in [5, 5.41) is 13.8. The lowest BCUT2D eigenvalue weighted by atomic mass is 10.1. The molecule has 8 nitrogen and oxygen atoms in total. The topological polar surface area (TPSA) is 111 Å². The average Bonchev–Trinajstić information content (AvgIpc) is 3.13. The highest BCUT2D eigenvalue weighted by Gasteiger charge is 2.15. The predicted octanol–water partition coefficient (Wildman–Crippen LogP) is 4.67. The molecule has 0 radical (unpaired) electrons. The second kappa shape index (κ2) is 7.16. The number of hydrogen-bond acceptors (Lipinski definition) is 6. The van der Waals surface area contributed by atoms with E-state index in [2.05, 4.69) is 15.3 Å². The van der Waals surface area contributed by atoms with Crippen molar-refractivity contribution in [3.05, 3.63) is 81.5 Å². The SMILES string of the molecule is Cc1cc(-c2nc3ncccc3o2)ccc1NC(=O)c1ccc([N+](=O)[O-])c(C)c1. The van der Waals surface area contributed by atoms with Gasteiger partial charge in [-0.3, -0.25) is 14.9 Å². The molecule has 0 aliphatic carbocycles. The number of carbonyl (C=O) groups excluding carboxylic acids is 1.